The summed E-state index contributed by atoms with van der Waals surface area (Å²) in [6.07, 6.45) is 4.31. The molecule has 3 nitrogen and oxygen atoms in total. The largest absolute Gasteiger partial charge is 0.465 e. The average Bonchev–Trinajstić information content (AvgIpc) is 2.99. The minimum absolute atomic E-state index is 0.306. The molecule has 0 saturated heterocycles. The summed E-state index contributed by atoms with van der Waals surface area (Å²) in [6, 6.07) is 3.69. The van der Waals surface area contributed by atoms with Gasteiger partial charge in [-0.1, -0.05) is 0 Å². The molecule has 0 aromatic carbocycles. The number of rotatable bonds is 5. The van der Waals surface area contributed by atoms with Crippen molar-refractivity contribution in [1.29, 1.82) is 0 Å². The molecule has 2 rings (SSSR count). The first kappa shape index (κ1) is 9.93. The second-order valence-corrected chi connectivity index (χ2v) is 4.12. The Morgan fingerprint density at radius 2 is 2.36 bits per heavy atom. The number of hydrogen-bond acceptors (Lipinski definition) is 3. The van der Waals surface area contributed by atoms with Crippen LogP contribution in [0.25, 0.3) is 0 Å². The van der Waals surface area contributed by atoms with Gasteiger partial charge in [0.2, 0.25) is 0 Å². The Morgan fingerprint density at radius 1 is 1.50 bits per heavy atom. The number of halogens is 1. The number of nitrogens with zero attached hydrogens (tertiary/aromatic N) is 1. The molecule has 76 valence electrons. The monoisotopic (exact) mass is 257 g/mol. The van der Waals surface area contributed by atoms with Gasteiger partial charge in [0.25, 0.3) is 0 Å². The van der Waals surface area contributed by atoms with Crippen LogP contribution in [0.2, 0.25) is 0 Å². The summed E-state index contributed by atoms with van der Waals surface area (Å²) < 4.78 is 11.4. The van der Waals surface area contributed by atoms with Gasteiger partial charge in [-0.25, -0.2) is 4.98 Å². The molecule has 1 fully saturated rings. The van der Waals surface area contributed by atoms with Gasteiger partial charge in [-0.15, -0.1) is 0 Å². The van der Waals surface area contributed by atoms with Crippen molar-refractivity contribution in [3.63, 3.8) is 0 Å². The van der Waals surface area contributed by atoms with Crippen molar-refractivity contribution in [2.45, 2.75) is 12.8 Å². The van der Waals surface area contributed by atoms with Crippen LogP contribution in [-0.2, 0) is 4.74 Å². The molecule has 0 radical (unpaired) electrons. The van der Waals surface area contributed by atoms with Gasteiger partial charge in [0, 0.05) is 6.20 Å². The van der Waals surface area contributed by atoms with Crippen LogP contribution in [0.3, 0.4) is 0 Å². The topological polar surface area (TPSA) is 31.4 Å². The molecule has 0 atom stereocenters. The lowest BCUT2D eigenvalue weighted by molar-refractivity contribution is 0.00933. The van der Waals surface area contributed by atoms with Gasteiger partial charge >= 0.3 is 0 Å². The molecular weight excluding hydrogens is 246 g/mol. The van der Waals surface area contributed by atoms with Gasteiger partial charge in [-0.05, 0) is 46.8 Å². The third kappa shape index (κ3) is 2.96. The van der Waals surface area contributed by atoms with Crippen molar-refractivity contribution < 1.29 is 9.47 Å². The molecule has 0 spiro atoms. The van der Waals surface area contributed by atoms with Crippen LogP contribution in [0.4, 0.5) is 0 Å². The smallest absolute Gasteiger partial charge is 0.189 e. The van der Waals surface area contributed by atoms with Crippen LogP contribution < -0.4 is 4.74 Å². The van der Waals surface area contributed by atoms with Gasteiger partial charge in [0.15, 0.2) is 12.5 Å². The van der Waals surface area contributed by atoms with Gasteiger partial charge in [0.05, 0.1) is 6.61 Å². The second kappa shape index (κ2) is 4.75. The zero-order valence-electron chi connectivity index (χ0n) is 7.78. The average molecular weight is 258 g/mol. The number of hydrogen-bond donors (Lipinski definition) is 0. The van der Waals surface area contributed by atoms with E-state index in [0.29, 0.717) is 6.79 Å². The highest BCUT2D eigenvalue weighted by atomic mass is 79.9. The molecule has 4 heteroatoms. The van der Waals surface area contributed by atoms with E-state index in [-0.39, 0.29) is 0 Å². The predicted molar refractivity (Wildman–Crippen MR) is 56.1 cm³/mol. The highest BCUT2D eigenvalue weighted by molar-refractivity contribution is 9.10. The van der Waals surface area contributed by atoms with Crippen molar-refractivity contribution >= 4 is 15.9 Å². The van der Waals surface area contributed by atoms with E-state index >= 15 is 0 Å². The standard InChI is InChI=1S/C10H12BrNO2/c11-10-9(2-1-5-12-10)14-7-13-6-8-3-4-8/h1-2,5,8H,3-4,6-7H2. The quantitative estimate of drug-likeness (QED) is 0.462. The summed E-state index contributed by atoms with van der Waals surface area (Å²) in [5, 5.41) is 0. The number of ether oxygens (including phenoxy) is 2. The molecule has 0 N–H and O–H groups in total. The van der Waals surface area contributed by atoms with E-state index in [1.54, 1.807) is 6.20 Å². The fourth-order valence-electron chi connectivity index (χ4n) is 1.08. The molecule has 1 saturated carbocycles. The Bertz CT molecular complexity index is 302. The van der Waals surface area contributed by atoms with E-state index in [9.17, 15) is 0 Å². The number of pyridine rings is 1. The lowest BCUT2D eigenvalue weighted by Crippen LogP contribution is -2.05. The summed E-state index contributed by atoms with van der Waals surface area (Å²) >= 11 is 3.30. The third-order valence-corrected chi connectivity index (χ3v) is 2.67. The first-order valence-corrected chi connectivity index (χ1v) is 5.46. The molecule has 0 bridgehead atoms. The molecular formula is C10H12BrNO2. The van der Waals surface area contributed by atoms with Crippen LogP contribution in [0.5, 0.6) is 5.75 Å². The fourth-order valence-corrected chi connectivity index (χ4v) is 1.45. The maximum atomic E-state index is 5.38. The van der Waals surface area contributed by atoms with Crippen LogP contribution in [0.15, 0.2) is 22.9 Å². The maximum Gasteiger partial charge on any atom is 0.189 e. The lowest BCUT2D eigenvalue weighted by Gasteiger charge is -2.07. The van der Waals surface area contributed by atoms with E-state index in [4.69, 9.17) is 9.47 Å². The zero-order chi connectivity index (χ0) is 9.80. The van der Waals surface area contributed by atoms with E-state index in [2.05, 4.69) is 20.9 Å². The minimum atomic E-state index is 0.306. The minimum Gasteiger partial charge on any atom is -0.465 e. The van der Waals surface area contributed by atoms with Crippen molar-refractivity contribution in [3.8, 4) is 5.75 Å². The highest BCUT2D eigenvalue weighted by Crippen LogP contribution is 2.29. The van der Waals surface area contributed by atoms with Crippen LogP contribution in [0.1, 0.15) is 12.8 Å². The van der Waals surface area contributed by atoms with Gasteiger partial charge < -0.3 is 9.47 Å². The van der Waals surface area contributed by atoms with E-state index in [0.717, 1.165) is 22.9 Å². The summed E-state index contributed by atoms with van der Waals surface area (Å²) in [6.45, 7) is 1.12. The summed E-state index contributed by atoms with van der Waals surface area (Å²) in [5.74, 6) is 1.50. The van der Waals surface area contributed by atoms with Gasteiger partial charge in [-0.2, -0.15) is 0 Å². The van der Waals surface area contributed by atoms with E-state index in [1.165, 1.54) is 12.8 Å². The molecule has 1 aliphatic carbocycles. The SMILES string of the molecule is Brc1ncccc1OCOCC1CC1. The van der Waals surface area contributed by atoms with Crippen LogP contribution in [0, 0.1) is 5.92 Å². The van der Waals surface area contributed by atoms with Crippen molar-refractivity contribution in [3.05, 3.63) is 22.9 Å². The van der Waals surface area contributed by atoms with E-state index in [1.807, 2.05) is 12.1 Å². The Kier molecular flexibility index (Phi) is 3.37. The first-order valence-electron chi connectivity index (χ1n) is 4.67. The van der Waals surface area contributed by atoms with E-state index < -0.39 is 0 Å². The van der Waals surface area contributed by atoms with Gasteiger partial charge in [-0.3, -0.25) is 0 Å². The molecule has 1 aromatic heterocycles. The Hall–Kier alpha value is -0.610. The molecule has 1 aromatic rings. The zero-order valence-corrected chi connectivity index (χ0v) is 9.37. The molecule has 0 unspecified atom stereocenters. The van der Waals surface area contributed by atoms with Crippen molar-refractivity contribution in [2.75, 3.05) is 13.4 Å². The van der Waals surface area contributed by atoms with Crippen LogP contribution >= 0.6 is 15.9 Å². The highest BCUT2D eigenvalue weighted by Gasteiger charge is 2.21. The Labute approximate surface area is 91.6 Å². The summed E-state index contributed by atoms with van der Waals surface area (Å²) in [5.41, 5.74) is 0. The third-order valence-electron chi connectivity index (χ3n) is 2.07. The maximum absolute atomic E-state index is 5.38. The lowest BCUT2D eigenvalue weighted by atomic mass is 10.5. The van der Waals surface area contributed by atoms with Crippen molar-refractivity contribution in [1.82, 2.24) is 4.98 Å². The van der Waals surface area contributed by atoms with Crippen molar-refractivity contribution in [2.24, 2.45) is 5.92 Å². The summed E-state index contributed by atoms with van der Waals surface area (Å²) in [4.78, 5) is 4.04. The Morgan fingerprint density at radius 3 is 3.07 bits per heavy atom. The molecule has 1 heterocycles. The normalized spacial score (nSPS) is 15.5. The van der Waals surface area contributed by atoms with Crippen LogP contribution in [-0.4, -0.2) is 18.4 Å². The first-order chi connectivity index (χ1) is 6.86. The second-order valence-electron chi connectivity index (χ2n) is 3.37. The molecule has 14 heavy (non-hydrogen) atoms. The molecule has 1 aliphatic rings. The predicted octanol–water partition coefficient (Wildman–Crippen LogP) is 2.61. The number of aromatic nitrogens is 1. The molecule has 0 amide bonds. The molecule has 0 aliphatic heterocycles. The fraction of sp³-hybridized carbons (Fsp3) is 0.500. The Balaban J connectivity index is 1.71. The van der Waals surface area contributed by atoms with Gasteiger partial charge in [0.1, 0.15) is 4.60 Å². The summed E-state index contributed by atoms with van der Waals surface area (Å²) in [7, 11) is 0.